The molecular formula is C13H22N2O4. The fraction of sp³-hybridized carbons (Fsp3) is 0.692. The predicted molar refractivity (Wildman–Crippen MR) is 70.8 cm³/mol. The van der Waals surface area contributed by atoms with Crippen LogP contribution in [0.2, 0.25) is 0 Å². The SMILES string of the molecule is C=CCN(CC(=O)O)C(=O)N(C)CC1(O)CCCC1. The van der Waals surface area contributed by atoms with Gasteiger partial charge in [-0.15, -0.1) is 6.58 Å². The highest BCUT2D eigenvalue weighted by molar-refractivity contribution is 5.80. The van der Waals surface area contributed by atoms with Gasteiger partial charge in [0.25, 0.3) is 0 Å². The maximum Gasteiger partial charge on any atom is 0.323 e. The molecule has 6 nitrogen and oxygen atoms in total. The number of urea groups is 1. The second-order valence-corrected chi connectivity index (χ2v) is 5.13. The molecule has 6 heteroatoms. The first-order chi connectivity index (χ1) is 8.88. The first-order valence-electron chi connectivity index (χ1n) is 6.43. The second-order valence-electron chi connectivity index (χ2n) is 5.13. The van der Waals surface area contributed by atoms with Crippen molar-refractivity contribution in [2.75, 3.05) is 26.7 Å². The van der Waals surface area contributed by atoms with Gasteiger partial charge in [0.05, 0.1) is 12.1 Å². The van der Waals surface area contributed by atoms with Crippen molar-refractivity contribution in [3.05, 3.63) is 12.7 Å². The summed E-state index contributed by atoms with van der Waals surface area (Å²) in [7, 11) is 1.58. The summed E-state index contributed by atoms with van der Waals surface area (Å²) in [6.07, 6.45) is 4.78. The molecule has 1 aliphatic rings. The van der Waals surface area contributed by atoms with Crippen LogP contribution in [0.25, 0.3) is 0 Å². The van der Waals surface area contributed by atoms with Crippen molar-refractivity contribution in [3.8, 4) is 0 Å². The van der Waals surface area contributed by atoms with Crippen molar-refractivity contribution in [2.24, 2.45) is 0 Å². The number of carbonyl (C=O) groups is 2. The van der Waals surface area contributed by atoms with Crippen LogP contribution in [0.1, 0.15) is 25.7 Å². The van der Waals surface area contributed by atoms with Crippen LogP contribution < -0.4 is 0 Å². The highest BCUT2D eigenvalue weighted by Crippen LogP contribution is 2.30. The van der Waals surface area contributed by atoms with Gasteiger partial charge in [-0.05, 0) is 12.8 Å². The number of likely N-dealkylation sites (N-methyl/N-ethyl adjacent to an activating group) is 1. The van der Waals surface area contributed by atoms with Crippen LogP contribution in [-0.4, -0.2) is 64.3 Å². The quantitative estimate of drug-likeness (QED) is 0.703. The molecule has 0 bridgehead atoms. The van der Waals surface area contributed by atoms with Crippen molar-refractivity contribution in [3.63, 3.8) is 0 Å². The van der Waals surface area contributed by atoms with Gasteiger partial charge in [0.15, 0.2) is 0 Å². The van der Waals surface area contributed by atoms with Crippen molar-refractivity contribution in [1.82, 2.24) is 9.80 Å². The van der Waals surface area contributed by atoms with E-state index in [0.29, 0.717) is 12.8 Å². The van der Waals surface area contributed by atoms with Gasteiger partial charge < -0.3 is 20.0 Å². The lowest BCUT2D eigenvalue weighted by molar-refractivity contribution is -0.137. The van der Waals surface area contributed by atoms with Crippen LogP contribution in [0.5, 0.6) is 0 Å². The Morgan fingerprint density at radius 2 is 1.95 bits per heavy atom. The monoisotopic (exact) mass is 270 g/mol. The topological polar surface area (TPSA) is 81.1 Å². The number of amides is 2. The summed E-state index contributed by atoms with van der Waals surface area (Å²) in [4.78, 5) is 25.4. The molecule has 19 heavy (non-hydrogen) atoms. The van der Waals surface area contributed by atoms with Crippen LogP contribution in [0.15, 0.2) is 12.7 Å². The zero-order chi connectivity index (χ0) is 14.5. The molecule has 1 rings (SSSR count). The summed E-state index contributed by atoms with van der Waals surface area (Å²) in [6.45, 7) is 3.55. The largest absolute Gasteiger partial charge is 0.480 e. The molecule has 108 valence electrons. The first-order valence-corrected chi connectivity index (χ1v) is 6.43. The minimum absolute atomic E-state index is 0.175. The molecule has 0 spiro atoms. The van der Waals surface area contributed by atoms with Gasteiger partial charge >= 0.3 is 12.0 Å². The average molecular weight is 270 g/mol. The molecule has 1 saturated carbocycles. The summed E-state index contributed by atoms with van der Waals surface area (Å²) in [5, 5.41) is 19.0. The zero-order valence-corrected chi connectivity index (χ0v) is 11.3. The first kappa shape index (κ1) is 15.5. The molecule has 0 atom stereocenters. The molecule has 0 aliphatic heterocycles. The lowest BCUT2D eigenvalue weighted by atomic mass is 10.0. The van der Waals surface area contributed by atoms with Gasteiger partial charge in [0.1, 0.15) is 6.54 Å². The van der Waals surface area contributed by atoms with Crippen LogP contribution in [0, 0.1) is 0 Å². The van der Waals surface area contributed by atoms with E-state index in [-0.39, 0.29) is 19.6 Å². The molecule has 0 heterocycles. The van der Waals surface area contributed by atoms with E-state index in [0.717, 1.165) is 12.8 Å². The van der Waals surface area contributed by atoms with Gasteiger partial charge in [-0.1, -0.05) is 18.9 Å². The molecule has 0 radical (unpaired) electrons. The van der Waals surface area contributed by atoms with Crippen molar-refractivity contribution in [1.29, 1.82) is 0 Å². The summed E-state index contributed by atoms with van der Waals surface area (Å²) in [5.74, 6) is -1.07. The third-order valence-electron chi connectivity index (χ3n) is 3.34. The predicted octanol–water partition coefficient (Wildman–Crippen LogP) is 0.916. The third-order valence-corrected chi connectivity index (χ3v) is 3.34. The fourth-order valence-electron chi connectivity index (χ4n) is 2.47. The Morgan fingerprint density at radius 3 is 2.42 bits per heavy atom. The van der Waals surface area contributed by atoms with Gasteiger partial charge in [0, 0.05) is 13.6 Å². The number of carboxylic acids is 1. The molecule has 1 aliphatic carbocycles. The number of rotatable bonds is 6. The molecule has 0 saturated heterocycles. The summed E-state index contributed by atoms with van der Waals surface area (Å²) < 4.78 is 0. The maximum atomic E-state index is 12.1. The molecule has 0 aromatic rings. The van der Waals surface area contributed by atoms with Crippen LogP contribution >= 0.6 is 0 Å². The minimum atomic E-state index is -1.07. The Morgan fingerprint density at radius 1 is 1.37 bits per heavy atom. The molecule has 2 N–H and O–H groups in total. The van der Waals surface area contributed by atoms with Crippen LogP contribution in [-0.2, 0) is 4.79 Å². The normalized spacial score (nSPS) is 16.9. The number of carboxylic acid groups (broad SMARTS) is 1. The van der Waals surface area contributed by atoms with E-state index in [1.807, 2.05) is 0 Å². The molecule has 0 unspecified atom stereocenters. The number of hydrogen-bond donors (Lipinski definition) is 2. The Balaban J connectivity index is 2.61. The van der Waals surface area contributed by atoms with E-state index < -0.39 is 17.6 Å². The van der Waals surface area contributed by atoms with E-state index >= 15 is 0 Å². The van der Waals surface area contributed by atoms with Crippen molar-refractivity contribution < 1.29 is 19.8 Å². The van der Waals surface area contributed by atoms with Gasteiger partial charge in [0.2, 0.25) is 0 Å². The smallest absolute Gasteiger partial charge is 0.323 e. The van der Waals surface area contributed by atoms with E-state index in [4.69, 9.17) is 5.11 Å². The lowest BCUT2D eigenvalue weighted by Crippen LogP contribution is -2.49. The molecule has 2 amide bonds. The standard InChI is InChI=1S/C13H22N2O4/c1-3-8-15(9-11(16)17)12(18)14(2)10-13(19)6-4-5-7-13/h3,19H,1,4-10H2,2H3,(H,16,17). The molecule has 1 fully saturated rings. The molecular weight excluding hydrogens is 248 g/mol. The lowest BCUT2D eigenvalue weighted by Gasteiger charge is -2.32. The Bertz CT molecular complexity index is 351. The van der Waals surface area contributed by atoms with Crippen molar-refractivity contribution in [2.45, 2.75) is 31.3 Å². The summed E-state index contributed by atoms with van der Waals surface area (Å²) in [5.41, 5.74) is -0.826. The van der Waals surface area contributed by atoms with E-state index in [2.05, 4.69) is 6.58 Å². The van der Waals surface area contributed by atoms with Crippen molar-refractivity contribution >= 4 is 12.0 Å². The Labute approximate surface area is 113 Å². The Hall–Kier alpha value is -1.56. The number of aliphatic carboxylic acids is 1. The zero-order valence-electron chi connectivity index (χ0n) is 11.3. The highest BCUT2D eigenvalue weighted by atomic mass is 16.4. The average Bonchev–Trinajstić information content (AvgIpc) is 2.73. The van der Waals surface area contributed by atoms with E-state index in [1.165, 1.54) is 15.9 Å². The molecule has 0 aromatic heterocycles. The second kappa shape index (κ2) is 6.56. The molecule has 0 aromatic carbocycles. The number of aliphatic hydroxyl groups is 1. The minimum Gasteiger partial charge on any atom is -0.480 e. The Kier molecular flexibility index (Phi) is 5.35. The van der Waals surface area contributed by atoms with Gasteiger partial charge in [-0.2, -0.15) is 0 Å². The summed E-state index contributed by atoms with van der Waals surface area (Å²) >= 11 is 0. The van der Waals surface area contributed by atoms with E-state index in [1.54, 1.807) is 7.05 Å². The fourth-order valence-corrected chi connectivity index (χ4v) is 2.47. The van der Waals surface area contributed by atoms with Gasteiger partial charge in [-0.25, -0.2) is 4.79 Å². The number of carbonyl (C=O) groups excluding carboxylic acids is 1. The van der Waals surface area contributed by atoms with Crippen LogP contribution in [0.4, 0.5) is 4.79 Å². The number of nitrogens with zero attached hydrogens (tertiary/aromatic N) is 2. The van der Waals surface area contributed by atoms with Crippen LogP contribution in [0.3, 0.4) is 0 Å². The van der Waals surface area contributed by atoms with E-state index in [9.17, 15) is 14.7 Å². The maximum absolute atomic E-state index is 12.1. The highest BCUT2D eigenvalue weighted by Gasteiger charge is 2.34. The number of hydrogen-bond acceptors (Lipinski definition) is 3. The van der Waals surface area contributed by atoms with Gasteiger partial charge in [-0.3, -0.25) is 4.79 Å². The summed E-state index contributed by atoms with van der Waals surface area (Å²) in [6, 6.07) is -0.400. The third kappa shape index (κ3) is 4.55.